The fraction of sp³-hybridized carbons (Fsp3) is 0. The van der Waals surface area contributed by atoms with Crippen LogP contribution >= 0.6 is 11.3 Å². The van der Waals surface area contributed by atoms with E-state index in [1.54, 1.807) is 11.3 Å². The maximum Gasteiger partial charge on any atom is 0.164 e. The molecule has 0 saturated heterocycles. The van der Waals surface area contributed by atoms with E-state index < -0.39 is 0 Å². The van der Waals surface area contributed by atoms with E-state index in [9.17, 15) is 0 Å². The molecule has 0 unspecified atom stereocenters. The third-order valence-corrected chi connectivity index (χ3v) is 10.1. The monoisotopic (exact) mass is 643 g/mol. The average Bonchev–Trinajstić information content (AvgIpc) is 3.56. The summed E-state index contributed by atoms with van der Waals surface area (Å²) in [5, 5.41) is 2.50. The van der Waals surface area contributed by atoms with Crippen molar-refractivity contribution in [2.75, 3.05) is 0 Å². The van der Waals surface area contributed by atoms with Crippen molar-refractivity contribution in [3.63, 3.8) is 0 Å². The quantitative estimate of drug-likeness (QED) is 0.181. The summed E-state index contributed by atoms with van der Waals surface area (Å²) in [7, 11) is 0. The van der Waals surface area contributed by atoms with Crippen LogP contribution in [0.4, 0.5) is 0 Å². The summed E-state index contributed by atoms with van der Waals surface area (Å²) in [6.07, 6.45) is 0. The van der Waals surface area contributed by atoms with Crippen molar-refractivity contribution >= 4 is 31.5 Å². The van der Waals surface area contributed by atoms with Crippen molar-refractivity contribution < 1.29 is 0 Å². The number of benzene rings is 7. The molecular formula is C45H29N3S. The van der Waals surface area contributed by atoms with Crippen LogP contribution in [0.2, 0.25) is 0 Å². The van der Waals surface area contributed by atoms with Gasteiger partial charge in [0.25, 0.3) is 0 Å². The molecule has 0 N–H and O–H groups in total. The molecule has 0 aliphatic heterocycles. The van der Waals surface area contributed by atoms with Crippen LogP contribution < -0.4 is 0 Å². The topological polar surface area (TPSA) is 38.7 Å². The van der Waals surface area contributed by atoms with Gasteiger partial charge in [0.2, 0.25) is 0 Å². The molecule has 9 aromatic rings. The summed E-state index contributed by atoms with van der Waals surface area (Å²) < 4.78 is 2.47. The second-order valence-electron chi connectivity index (χ2n) is 12.1. The Morgan fingerprint density at radius 2 is 0.653 bits per heavy atom. The molecule has 0 bridgehead atoms. The largest absolute Gasteiger partial charge is 0.208 e. The molecule has 0 radical (unpaired) electrons. The Balaban J connectivity index is 1.04. The fourth-order valence-electron chi connectivity index (χ4n) is 6.37. The molecule has 0 aliphatic rings. The van der Waals surface area contributed by atoms with Crippen molar-refractivity contribution in [3.05, 3.63) is 176 Å². The molecule has 2 aromatic heterocycles. The van der Waals surface area contributed by atoms with Crippen molar-refractivity contribution in [2.24, 2.45) is 0 Å². The summed E-state index contributed by atoms with van der Waals surface area (Å²) in [6.45, 7) is 0. The second-order valence-corrected chi connectivity index (χ2v) is 13.2. The third kappa shape index (κ3) is 5.69. The van der Waals surface area contributed by atoms with Crippen molar-refractivity contribution in [3.8, 4) is 67.5 Å². The minimum absolute atomic E-state index is 0.667. The first-order valence-electron chi connectivity index (χ1n) is 16.4. The van der Waals surface area contributed by atoms with Gasteiger partial charge in [-0.1, -0.05) is 158 Å². The van der Waals surface area contributed by atoms with Gasteiger partial charge in [0, 0.05) is 36.9 Å². The molecule has 0 fully saturated rings. The first-order valence-corrected chi connectivity index (χ1v) is 17.2. The van der Waals surface area contributed by atoms with E-state index in [1.807, 2.05) is 60.7 Å². The molecule has 0 saturated carbocycles. The van der Waals surface area contributed by atoms with Crippen LogP contribution in [0.25, 0.3) is 87.7 Å². The number of hydrogen-bond acceptors (Lipinski definition) is 4. The fourth-order valence-corrected chi connectivity index (χ4v) is 7.50. The SMILES string of the molecule is c1ccc(-c2ccc(-c3ccc(-c4ccc5sc6cc(-c7nc(-c8ccccc8)nc(-c8ccccc8)n7)ccc6c5c4)cc3)cc2)cc1. The van der Waals surface area contributed by atoms with Crippen LogP contribution in [0.15, 0.2) is 176 Å². The molecule has 0 aliphatic carbocycles. The zero-order valence-corrected chi connectivity index (χ0v) is 27.3. The normalized spacial score (nSPS) is 11.3. The lowest BCUT2D eigenvalue weighted by atomic mass is 9.97. The summed E-state index contributed by atoms with van der Waals surface area (Å²) >= 11 is 1.80. The van der Waals surface area contributed by atoms with Gasteiger partial charge in [-0.25, -0.2) is 15.0 Å². The summed E-state index contributed by atoms with van der Waals surface area (Å²) in [5.74, 6) is 2.00. The van der Waals surface area contributed by atoms with Gasteiger partial charge in [0.15, 0.2) is 17.5 Å². The first kappa shape index (κ1) is 29.0. The van der Waals surface area contributed by atoms with Crippen LogP contribution in [0.5, 0.6) is 0 Å². The molecule has 4 heteroatoms. The Bertz CT molecular complexity index is 2500. The van der Waals surface area contributed by atoms with E-state index in [-0.39, 0.29) is 0 Å². The van der Waals surface area contributed by atoms with Gasteiger partial charge in [0.05, 0.1) is 0 Å². The maximum atomic E-state index is 4.94. The van der Waals surface area contributed by atoms with E-state index in [0.717, 1.165) is 16.7 Å². The number of hydrogen-bond donors (Lipinski definition) is 0. The van der Waals surface area contributed by atoms with Gasteiger partial charge in [-0.2, -0.15) is 0 Å². The minimum Gasteiger partial charge on any atom is -0.208 e. The van der Waals surface area contributed by atoms with E-state index in [2.05, 4.69) is 115 Å². The van der Waals surface area contributed by atoms with E-state index in [1.165, 1.54) is 53.6 Å². The van der Waals surface area contributed by atoms with Crippen LogP contribution in [0.1, 0.15) is 0 Å². The van der Waals surface area contributed by atoms with E-state index in [4.69, 9.17) is 15.0 Å². The molecule has 0 atom stereocenters. The molecule has 49 heavy (non-hydrogen) atoms. The lowest BCUT2D eigenvalue weighted by Crippen LogP contribution is -1.99. The molecule has 0 amide bonds. The van der Waals surface area contributed by atoms with Gasteiger partial charge in [0.1, 0.15) is 0 Å². The standard InChI is InChI=1S/C45H29N3S/c1-4-10-30(11-5-1)31-16-18-32(19-17-31)33-20-22-34(23-21-33)37-25-27-41-40(28-37)39-26-24-38(29-42(39)49-41)45-47-43(35-12-6-2-7-13-35)46-44(48-45)36-14-8-3-9-15-36/h1-29H. The number of fused-ring (bicyclic) bond motifs is 3. The highest BCUT2D eigenvalue weighted by atomic mass is 32.1. The van der Waals surface area contributed by atoms with Gasteiger partial charge in [-0.15, -0.1) is 11.3 Å². The molecular weight excluding hydrogens is 615 g/mol. The van der Waals surface area contributed by atoms with E-state index >= 15 is 0 Å². The summed E-state index contributed by atoms with van der Waals surface area (Å²) in [5.41, 5.74) is 10.2. The maximum absolute atomic E-state index is 4.94. The summed E-state index contributed by atoms with van der Waals surface area (Å²) in [6, 6.07) is 61.8. The van der Waals surface area contributed by atoms with Gasteiger partial charge < -0.3 is 0 Å². The Kier molecular flexibility index (Phi) is 7.34. The highest BCUT2D eigenvalue weighted by molar-refractivity contribution is 7.25. The molecule has 9 rings (SSSR count). The Morgan fingerprint density at radius 3 is 1.16 bits per heavy atom. The lowest BCUT2D eigenvalue weighted by Gasteiger charge is -2.08. The van der Waals surface area contributed by atoms with Crippen LogP contribution in [-0.4, -0.2) is 15.0 Å². The zero-order chi connectivity index (χ0) is 32.6. The lowest BCUT2D eigenvalue weighted by molar-refractivity contribution is 1.07. The van der Waals surface area contributed by atoms with Gasteiger partial charge in [-0.3, -0.25) is 0 Å². The van der Waals surface area contributed by atoms with Crippen LogP contribution in [-0.2, 0) is 0 Å². The molecule has 3 nitrogen and oxygen atoms in total. The highest BCUT2D eigenvalue weighted by Gasteiger charge is 2.14. The predicted octanol–water partition coefficient (Wildman–Crippen LogP) is 12.2. The first-order chi connectivity index (χ1) is 24.2. The number of nitrogens with zero attached hydrogens (tertiary/aromatic N) is 3. The molecule has 230 valence electrons. The number of aromatic nitrogens is 3. The minimum atomic E-state index is 0.667. The average molecular weight is 644 g/mol. The zero-order valence-electron chi connectivity index (χ0n) is 26.5. The van der Waals surface area contributed by atoms with Crippen LogP contribution in [0.3, 0.4) is 0 Å². The molecule has 2 heterocycles. The van der Waals surface area contributed by atoms with E-state index in [0.29, 0.717) is 17.5 Å². The predicted molar refractivity (Wildman–Crippen MR) is 205 cm³/mol. The highest BCUT2D eigenvalue weighted by Crippen LogP contribution is 2.39. The van der Waals surface area contributed by atoms with Crippen LogP contribution in [0, 0.1) is 0 Å². The molecule has 0 spiro atoms. The number of rotatable bonds is 6. The second kappa shape index (κ2) is 12.4. The van der Waals surface area contributed by atoms with Gasteiger partial charge >= 0.3 is 0 Å². The summed E-state index contributed by atoms with van der Waals surface area (Å²) in [4.78, 5) is 14.7. The van der Waals surface area contributed by atoms with Crippen molar-refractivity contribution in [1.29, 1.82) is 0 Å². The third-order valence-electron chi connectivity index (χ3n) is 8.97. The Hall–Kier alpha value is -6.23. The van der Waals surface area contributed by atoms with Crippen molar-refractivity contribution in [2.45, 2.75) is 0 Å². The van der Waals surface area contributed by atoms with Crippen molar-refractivity contribution in [1.82, 2.24) is 15.0 Å². The van der Waals surface area contributed by atoms with Gasteiger partial charge in [-0.05, 0) is 51.6 Å². The smallest absolute Gasteiger partial charge is 0.164 e. The Labute approximate surface area is 288 Å². The Morgan fingerprint density at radius 1 is 0.265 bits per heavy atom. The molecule has 7 aromatic carbocycles. The number of thiophene rings is 1.